The summed E-state index contributed by atoms with van der Waals surface area (Å²) in [6, 6.07) is 0. The van der Waals surface area contributed by atoms with Gasteiger partial charge in [-0.05, 0) is 42.9 Å². The lowest BCUT2D eigenvalue weighted by atomic mass is 9.56. The third-order valence-electron chi connectivity index (χ3n) is 8.02. The van der Waals surface area contributed by atoms with Crippen molar-refractivity contribution in [1.29, 1.82) is 0 Å². The van der Waals surface area contributed by atoms with E-state index in [-0.39, 0.29) is 36.7 Å². The molecule has 5 aliphatic rings. The van der Waals surface area contributed by atoms with Gasteiger partial charge in [0.1, 0.15) is 0 Å². The molecule has 0 saturated heterocycles. The summed E-state index contributed by atoms with van der Waals surface area (Å²) in [7, 11) is 0. The zero-order valence-electron chi connectivity index (χ0n) is 23.6. The van der Waals surface area contributed by atoms with Crippen molar-refractivity contribution in [3.8, 4) is 0 Å². The van der Waals surface area contributed by atoms with Gasteiger partial charge in [0, 0.05) is 37.5 Å². The maximum Gasteiger partial charge on any atom is 0.253 e. The summed E-state index contributed by atoms with van der Waals surface area (Å²) in [6.45, 7) is 6.37. The molecule has 12 heteroatoms. The highest BCUT2D eigenvalue weighted by molar-refractivity contribution is 6.13. The molecule has 0 radical (unpaired) electrons. The Kier molecular flexibility index (Phi) is 12.9. The van der Waals surface area contributed by atoms with Crippen molar-refractivity contribution in [2.75, 3.05) is 92.4 Å². The number of ether oxygens (including phenoxy) is 6. The van der Waals surface area contributed by atoms with Crippen LogP contribution in [0.3, 0.4) is 0 Å². The van der Waals surface area contributed by atoms with Crippen LogP contribution in [0.4, 0.5) is 0 Å². The van der Waals surface area contributed by atoms with Gasteiger partial charge in [-0.15, -0.1) is 0 Å². The van der Waals surface area contributed by atoms with Crippen LogP contribution in [0.1, 0.15) is 19.3 Å². The van der Waals surface area contributed by atoms with E-state index in [4.69, 9.17) is 28.4 Å². The highest BCUT2D eigenvalue weighted by Gasteiger charge is 2.45. The molecular weight excluding hydrogens is 536 g/mol. The Balaban J connectivity index is 0.917. The Hall–Kier alpha value is -2.48. The Morgan fingerprint density at radius 1 is 0.463 bits per heavy atom. The molecule has 2 heterocycles. The van der Waals surface area contributed by atoms with E-state index in [1.165, 1.54) is 37.1 Å². The van der Waals surface area contributed by atoms with E-state index < -0.39 is 0 Å². The summed E-state index contributed by atoms with van der Waals surface area (Å²) in [5.41, 5.74) is 0. The van der Waals surface area contributed by atoms with Crippen LogP contribution in [0.15, 0.2) is 24.3 Å². The molecule has 5 rings (SSSR count). The van der Waals surface area contributed by atoms with Gasteiger partial charge in [0.15, 0.2) is 0 Å². The number of amides is 4. The minimum atomic E-state index is -0.297. The molecule has 0 N–H and O–H groups in total. The Morgan fingerprint density at radius 2 is 0.780 bits per heavy atom. The molecule has 0 spiro atoms. The molecule has 0 aromatic rings. The molecule has 3 aliphatic carbocycles. The van der Waals surface area contributed by atoms with Crippen molar-refractivity contribution in [3.63, 3.8) is 0 Å². The van der Waals surface area contributed by atoms with Crippen LogP contribution >= 0.6 is 0 Å². The zero-order chi connectivity index (χ0) is 28.9. The number of fused-ring (bicyclic) bond motifs is 2. The van der Waals surface area contributed by atoms with Gasteiger partial charge in [0.25, 0.3) is 23.6 Å². The SMILES string of the molecule is O=C1C=CC(=O)N1CCOCCOCCOCC1C[C@@H](COCCOCCOCCN2C(=O)C=CC2=O)C2CC1C2. The molecule has 228 valence electrons. The van der Waals surface area contributed by atoms with Crippen LogP contribution in [0, 0.1) is 23.7 Å². The average Bonchev–Trinajstić information content (AvgIpc) is 3.44. The van der Waals surface area contributed by atoms with E-state index >= 15 is 0 Å². The summed E-state index contributed by atoms with van der Waals surface area (Å²) in [4.78, 5) is 48.1. The fourth-order valence-electron chi connectivity index (χ4n) is 5.62. The van der Waals surface area contributed by atoms with Gasteiger partial charge in [0.05, 0.1) is 79.2 Å². The fourth-order valence-corrected chi connectivity index (χ4v) is 5.62. The minimum absolute atomic E-state index is 0.251. The molecule has 12 nitrogen and oxygen atoms in total. The molecule has 4 amide bonds. The van der Waals surface area contributed by atoms with Gasteiger partial charge in [-0.2, -0.15) is 0 Å². The van der Waals surface area contributed by atoms with E-state index in [0.717, 1.165) is 41.3 Å². The van der Waals surface area contributed by atoms with E-state index in [1.807, 2.05) is 0 Å². The lowest BCUT2D eigenvalue weighted by molar-refractivity contribution is -0.139. The first-order valence-corrected chi connectivity index (χ1v) is 14.6. The summed E-state index contributed by atoms with van der Waals surface area (Å²) in [5, 5.41) is 0. The van der Waals surface area contributed by atoms with Crippen LogP contribution in [0.25, 0.3) is 0 Å². The summed E-state index contributed by atoms with van der Waals surface area (Å²) >= 11 is 0. The summed E-state index contributed by atoms with van der Waals surface area (Å²) in [5.74, 6) is 1.47. The van der Waals surface area contributed by atoms with Gasteiger partial charge in [-0.25, -0.2) is 0 Å². The largest absolute Gasteiger partial charge is 0.379 e. The number of hydrogen-bond acceptors (Lipinski definition) is 10. The Bertz CT molecular complexity index is 840. The molecule has 3 saturated carbocycles. The number of rotatable bonds is 22. The second kappa shape index (κ2) is 16.8. The maximum absolute atomic E-state index is 11.5. The lowest BCUT2D eigenvalue weighted by Crippen LogP contribution is -2.45. The summed E-state index contributed by atoms with van der Waals surface area (Å²) < 4.78 is 33.8. The van der Waals surface area contributed by atoms with Crippen LogP contribution in [0.5, 0.6) is 0 Å². The van der Waals surface area contributed by atoms with E-state index in [2.05, 4.69) is 0 Å². The highest BCUT2D eigenvalue weighted by Crippen LogP contribution is 2.52. The predicted molar refractivity (Wildman–Crippen MR) is 144 cm³/mol. The second-order valence-corrected chi connectivity index (χ2v) is 10.7. The van der Waals surface area contributed by atoms with E-state index in [0.29, 0.717) is 77.9 Å². The Morgan fingerprint density at radius 3 is 1.15 bits per heavy atom. The molecule has 41 heavy (non-hydrogen) atoms. The molecule has 3 fully saturated rings. The number of carbonyl (C=O) groups excluding carboxylic acids is 4. The van der Waals surface area contributed by atoms with Crippen molar-refractivity contribution >= 4 is 23.6 Å². The Labute approximate surface area is 240 Å². The van der Waals surface area contributed by atoms with Crippen LogP contribution in [-0.4, -0.2) is 126 Å². The molecule has 0 aromatic carbocycles. The van der Waals surface area contributed by atoms with Crippen molar-refractivity contribution in [2.45, 2.75) is 19.3 Å². The second-order valence-electron chi connectivity index (χ2n) is 10.7. The van der Waals surface area contributed by atoms with Crippen LogP contribution in [-0.2, 0) is 47.6 Å². The first-order chi connectivity index (χ1) is 20.0. The molecular formula is C29H42N2O10. The van der Waals surface area contributed by atoms with Crippen molar-refractivity contribution in [1.82, 2.24) is 9.80 Å². The van der Waals surface area contributed by atoms with Gasteiger partial charge < -0.3 is 28.4 Å². The van der Waals surface area contributed by atoms with Gasteiger partial charge in [-0.1, -0.05) is 0 Å². The minimum Gasteiger partial charge on any atom is -0.379 e. The fraction of sp³-hybridized carbons (Fsp3) is 0.724. The van der Waals surface area contributed by atoms with Crippen molar-refractivity contribution in [2.24, 2.45) is 23.7 Å². The number of nitrogens with zero attached hydrogens (tertiary/aromatic N) is 2. The maximum atomic E-state index is 11.5. The lowest BCUT2D eigenvalue weighted by Gasteiger charge is -2.51. The third-order valence-corrected chi connectivity index (χ3v) is 8.02. The predicted octanol–water partition coefficient (Wildman–Crippen LogP) is 0.598. The molecule has 1 unspecified atom stereocenters. The van der Waals surface area contributed by atoms with E-state index in [9.17, 15) is 19.2 Å². The number of imide groups is 2. The standard InChI is InChI=1S/C29H42N2O10/c32-26-1-2-27(33)30(26)5-7-36-9-11-38-13-15-40-20-24-19-25(23-17-22(24)18-23)21-41-16-14-39-12-10-37-8-6-31-28(34)3-4-29(31)35/h1-4,22-25H,5-21H2/t22?,23?,24-,25?/m0/s1. The first-order valence-electron chi connectivity index (χ1n) is 14.6. The first kappa shape index (κ1) is 31.5. The molecule has 2 aliphatic heterocycles. The topological polar surface area (TPSA) is 130 Å². The third kappa shape index (κ3) is 9.79. The van der Waals surface area contributed by atoms with Crippen LogP contribution in [0.2, 0.25) is 0 Å². The van der Waals surface area contributed by atoms with Crippen molar-refractivity contribution < 1.29 is 47.6 Å². The number of carbonyl (C=O) groups is 4. The molecule has 2 bridgehead atoms. The van der Waals surface area contributed by atoms with Gasteiger partial charge >= 0.3 is 0 Å². The highest BCUT2D eigenvalue weighted by atomic mass is 16.5. The zero-order valence-corrected chi connectivity index (χ0v) is 23.6. The molecule has 2 atom stereocenters. The van der Waals surface area contributed by atoms with Gasteiger partial charge in [-0.3, -0.25) is 29.0 Å². The summed E-state index contributed by atoms with van der Waals surface area (Å²) in [6.07, 6.45) is 8.73. The average molecular weight is 579 g/mol. The molecule has 0 aromatic heterocycles. The monoisotopic (exact) mass is 578 g/mol. The van der Waals surface area contributed by atoms with Crippen LogP contribution < -0.4 is 0 Å². The van der Waals surface area contributed by atoms with Crippen molar-refractivity contribution in [3.05, 3.63) is 24.3 Å². The van der Waals surface area contributed by atoms with E-state index in [1.54, 1.807) is 0 Å². The van der Waals surface area contributed by atoms with Gasteiger partial charge in [0.2, 0.25) is 0 Å². The smallest absolute Gasteiger partial charge is 0.253 e. The quantitative estimate of drug-likeness (QED) is 0.133. The number of hydrogen-bond donors (Lipinski definition) is 0. The normalized spacial score (nSPS) is 25.2.